The lowest BCUT2D eigenvalue weighted by Crippen LogP contribution is -2.27. The third-order valence-electron chi connectivity index (χ3n) is 12.8. The highest BCUT2D eigenvalue weighted by Gasteiger charge is 2.59. The van der Waals surface area contributed by atoms with Gasteiger partial charge in [0.1, 0.15) is 23.0 Å². The zero-order valence-electron chi connectivity index (χ0n) is 29.9. The van der Waals surface area contributed by atoms with Crippen LogP contribution in [0.5, 0.6) is 23.0 Å². The Morgan fingerprint density at radius 3 is 1.39 bits per heavy atom. The molecular weight excluding hydrogens is 610 g/mol. The van der Waals surface area contributed by atoms with Crippen molar-refractivity contribution in [3.8, 4) is 23.0 Å². The Balaban J connectivity index is 1.31. The molecule has 4 aromatic rings. The molecule has 0 fully saturated rings. The van der Waals surface area contributed by atoms with Gasteiger partial charge in [0.25, 0.3) is 0 Å². The number of nitrogens with one attached hydrogen (secondary N) is 1. The largest absolute Gasteiger partial charge is 0.506 e. The van der Waals surface area contributed by atoms with Crippen LogP contribution in [0.3, 0.4) is 0 Å². The van der Waals surface area contributed by atoms with Crippen molar-refractivity contribution < 1.29 is 20.4 Å². The first-order chi connectivity index (χ1) is 22.6. The molecule has 4 aromatic carbocycles. The maximum atomic E-state index is 11.9. The van der Waals surface area contributed by atoms with E-state index in [0.29, 0.717) is 22.7 Å². The Hall–Kier alpha value is -4.52. The molecule has 7 heteroatoms. The summed E-state index contributed by atoms with van der Waals surface area (Å²) >= 11 is 0. The van der Waals surface area contributed by atoms with E-state index in [1.165, 1.54) is 0 Å². The molecule has 0 saturated heterocycles. The zero-order valence-corrected chi connectivity index (χ0v) is 29.9. The minimum Gasteiger partial charge on any atom is -0.506 e. The molecule has 0 radical (unpaired) electrons. The molecule has 0 aliphatic heterocycles. The van der Waals surface area contributed by atoms with Crippen molar-refractivity contribution in [2.45, 2.75) is 114 Å². The molecule has 4 aliphatic carbocycles. The number of rotatable bonds is 2. The summed E-state index contributed by atoms with van der Waals surface area (Å²) < 4.78 is 0. The van der Waals surface area contributed by atoms with Crippen LogP contribution in [0.4, 0.5) is 22.7 Å². The van der Waals surface area contributed by atoms with E-state index in [4.69, 9.17) is 11.5 Å². The third-order valence-corrected chi connectivity index (χ3v) is 12.8. The van der Waals surface area contributed by atoms with Gasteiger partial charge in [0.05, 0.1) is 22.7 Å². The Morgan fingerprint density at radius 2 is 0.878 bits per heavy atom. The lowest BCUT2D eigenvalue weighted by molar-refractivity contribution is 0.348. The third kappa shape index (κ3) is 4.02. The van der Waals surface area contributed by atoms with Gasteiger partial charge >= 0.3 is 0 Å². The smallest absolute Gasteiger partial charge is 0.139 e. The minimum absolute atomic E-state index is 0.0665. The quantitative estimate of drug-likeness (QED) is 0.0842. The van der Waals surface area contributed by atoms with Gasteiger partial charge in [-0.25, -0.2) is 0 Å². The van der Waals surface area contributed by atoms with E-state index in [1.807, 2.05) is 36.4 Å². The molecule has 0 saturated carbocycles. The summed E-state index contributed by atoms with van der Waals surface area (Å²) in [6.45, 7) is 17.9. The van der Waals surface area contributed by atoms with E-state index in [9.17, 15) is 20.4 Å². The number of hydrogen-bond donors (Lipinski definition) is 7. The predicted octanol–water partition coefficient (Wildman–Crippen LogP) is 8.71. The van der Waals surface area contributed by atoms with Gasteiger partial charge < -0.3 is 37.2 Å². The summed E-state index contributed by atoms with van der Waals surface area (Å²) in [5.41, 5.74) is 21.2. The van der Waals surface area contributed by atoms with Gasteiger partial charge in [-0.3, -0.25) is 0 Å². The summed E-state index contributed by atoms with van der Waals surface area (Å²) in [5, 5.41) is 48.7. The minimum atomic E-state index is -0.497. The second kappa shape index (κ2) is 9.17. The first-order valence-electron chi connectivity index (χ1n) is 17.4. The van der Waals surface area contributed by atoms with Crippen molar-refractivity contribution in [2.24, 2.45) is 0 Å². The van der Waals surface area contributed by atoms with E-state index >= 15 is 0 Å². The van der Waals surface area contributed by atoms with Crippen LogP contribution in [-0.2, 0) is 32.5 Å². The monoisotopic (exact) mass is 659 g/mol. The van der Waals surface area contributed by atoms with E-state index in [2.05, 4.69) is 66.8 Å². The predicted molar refractivity (Wildman–Crippen MR) is 197 cm³/mol. The number of benzene rings is 4. The summed E-state index contributed by atoms with van der Waals surface area (Å²) in [6.07, 6.45) is 3.23. The van der Waals surface area contributed by atoms with Crippen LogP contribution in [0.15, 0.2) is 48.5 Å². The van der Waals surface area contributed by atoms with Crippen molar-refractivity contribution in [3.05, 3.63) is 93.0 Å². The summed E-state index contributed by atoms with van der Waals surface area (Å²) in [4.78, 5) is 0. The van der Waals surface area contributed by atoms with E-state index in [0.717, 1.165) is 70.2 Å². The molecule has 0 heterocycles. The lowest BCUT2D eigenvalue weighted by Gasteiger charge is -2.32. The molecule has 7 nitrogen and oxygen atoms in total. The van der Waals surface area contributed by atoms with Gasteiger partial charge in [-0.1, -0.05) is 61.5 Å². The molecule has 4 aliphatic rings. The Kier molecular flexibility index (Phi) is 5.94. The molecule has 2 spiro atoms. The van der Waals surface area contributed by atoms with Gasteiger partial charge in [-0.05, 0) is 134 Å². The van der Waals surface area contributed by atoms with E-state index in [1.54, 1.807) is 6.07 Å². The average molecular weight is 660 g/mol. The highest BCUT2D eigenvalue weighted by molar-refractivity contribution is 5.81. The Morgan fingerprint density at radius 1 is 0.469 bits per heavy atom. The average Bonchev–Trinajstić information content (AvgIpc) is 3.51. The fraction of sp³-hybridized carbons (Fsp3) is 0.429. The van der Waals surface area contributed by atoms with Crippen molar-refractivity contribution in [1.82, 2.24) is 0 Å². The van der Waals surface area contributed by atoms with E-state index in [-0.39, 0.29) is 44.7 Å². The van der Waals surface area contributed by atoms with Gasteiger partial charge in [0.2, 0.25) is 0 Å². The maximum absolute atomic E-state index is 11.9. The van der Waals surface area contributed by atoms with Crippen molar-refractivity contribution in [3.63, 3.8) is 0 Å². The van der Waals surface area contributed by atoms with E-state index < -0.39 is 10.8 Å². The number of phenolic OH excluding ortho intramolecular Hbond substituents is 4. The molecule has 0 bridgehead atoms. The number of aromatic hydroxyl groups is 4. The van der Waals surface area contributed by atoms with Gasteiger partial charge in [-0.2, -0.15) is 0 Å². The molecule has 0 amide bonds. The van der Waals surface area contributed by atoms with Crippen molar-refractivity contribution >= 4 is 22.7 Å². The van der Waals surface area contributed by atoms with Crippen LogP contribution in [0.25, 0.3) is 0 Å². The van der Waals surface area contributed by atoms with Gasteiger partial charge in [0, 0.05) is 10.8 Å². The molecular formula is C42H49N3O4. The lowest BCUT2D eigenvalue weighted by atomic mass is 9.72. The highest BCUT2D eigenvalue weighted by atomic mass is 16.3. The Bertz CT molecular complexity index is 2140. The SMILES string of the molecule is CC1(C)CC2(CC(C)(C)c3cc(Nc4c(O)ccc5c4C4(CC(C)(C)c6cc(N)c(O)cc64)CC5(C)C)c(O)cc32)c2cc(O)c(N)cc21. The maximum Gasteiger partial charge on any atom is 0.139 e. The van der Waals surface area contributed by atoms with Gasteiger partial charge in [0.15, 0.2) is 0 Å². The van der Waals surface area contributed by atoms with Crippen molar-refractivity contribution in [1.29, 1.82) is 0 Å². The summed E-state index contributed by atoms with van der Waals surface area (Å²) in [7, 11) is 0. The molecule has 2 atom stereocenters. The van der Waals surface area contributed by atoms with Gasteiger partial charge in [-0.15, -0.1) is 0 Å². The molecule has 256 valence electrons. The summed E-state index contributed by atoms with van der Waals surface area (Å²) in [5.74, 6) is 0.360. The number of nitrogens with two attached hydrogens (primary N) is 2. The molecule has 9 N–H and O–H groups in total. The first-order valence-corrected chi connectivity index (χ1v) is 17.4. The summed E-state index contributed by atoms with van der Waals surface area (Å²) in [6, 6.07) is 15.3. The molecule has 2 unspecified atom stereocenters. The number of phenols is 4. The number of anilines is 4. The molecule has 49 heavy (non-hydrogen) atoms. The zero-order chi connectivity index (χ0) is 35.4. The molecule has 8 rings (SSSR count). The second-order valence-electron chi connectivity index (χ2n) is 18.2. The van der Waals surface area contributed by atoms with Crippen LogP contribution in [0, 0.1) is 0 Å². The van der Waals surface area contributed by atoms with Crippen LogP contribution in [-0.4, -0.2) is 20.4 Å². The van der Waals surface area contributed by atoms with Crippen LogP contribution < -0.4 is 16.8 Å². The fourth-order valence-corrected chi connectivity index (χ4v) is 11.2. The second-order valence-corrected chi connectivity index (χ2v) is 18.2. The molecule has 0 aromatic heterocycles. The topological polar surface area (TPSA) is 145 Å². The van der Waals surface area contributed by atoms with Crippen LogP contribution in [0.1, 0.15) is 126 Å². The fourth-order valence-electron chi connectivity index (χ4n) is 11.2. The standard InChI is InChI=1S/C42H49N3O4/c1-37(2)19-42(20-40(7,8)23-12-29(44)33(48)15-27(23)42)35-21(37)9-10-31(46)36(35)45-30-13-24-26(16-34(30)49)41(18-39(24,5)6)17-38(3,4)22-11-28(43)32(47)14-25(22)41/h9-16,45-49H,17-20,43-44H2,1-8H3. The number of fused-ring (bicyclic) bond motifs is 8. The highest BCUT2D eigenvalue weighted by Crippen LogP contribution is 2.67. The number of nitrogen functional groups attached to an aromatic ring is 2. The first kappa shape index (κ1) is 31.7. The van der Waals surface area contributed by atoms with Crippen LogP contribution >= 0.6 is 0 Å². The Labute approximate surface area is 289 Å². The number of hydrogen-bond acceptors (Lipinski definition) is 7. The normalized spacial score (nSPS) is 25.7. The van der Waals surface area contributed by atoms with Crippen LogP contribution in [0.2, 0.25) is 0 Å². The van der Waals surface area contributed by atoms with Crippen molar-refractivity contribution in [2.75, 3.05) is 16.8 Å².